The van der Waals surface area contributed by atoms with E-state index in [-0.39, 0.29) is 28.5 Å². The van der Waals surface area contributed by atoms with Crippen LogP contribution in [0.2, 0.25) is 5.02 Å². The molecule has 62 heavy (non-hydrogen) atoms. The highest BCUT2D eigenvalue weighted by Crippen LogP contribution is 2.28. The lowest BCUT2D eigenvalue weighted by atomic mass is 10.0. The number of benzene rings is 4. The molecule has 0 aliphatic carbocycles. The van der Waals surface area contributed by atoms with Gasteiger partial charge in [0, 0.05) is 28.2 Å². The van der Waals surface area contributed by atoms with Gasteiger partial charge in [0.2, 0.25) is 5.91 Å². The predicted octanol–water partition coefficient (Wildman–Crippen LogP) is 6.92. The van der Waals surface area contributed by atoms with Crippen LogP contribution in [0.4, 0.5) is 26.7 Å². The number of aromatic nitrogens is 5. The van der Waals surface area contributed by atoms with Gasteiger partial charge in [-0.3, -0.25) is 19.7 Å². The van der Waals surface area contributed by atoms with Crippen LogP contribution in [0.5, 0.6) is 5.75 Å². The summed E-state index contributed by atoms with van der Waals surface area (Å²) in [5.41, 5.74) is -0.00555. The Bertz CT molecular complexity index is 2640. The third kappa shape index (κ3) is 11.6. The van der Waals surface area contributed by atoms with Gasteiger partial charge in [0.05, 0.1) is 16.9 Å². The first-order valence-electron chi connectivity index (χ1n) is 19.0. The van der Waals surface area contributed by atoms with Crippen LogP contribution < -0.4 is 26.0 Å². The van der Waals surface area contributed by atoms with Gasteiger partial charge in [-0.1, -0.05) is 41.9 Å². The molecule has 0 fully saturated rings. The summed E-state index contributed by atoms with van der Waals surface area (Å²) in [6.07, 6.45) is -0.372. The van der Waals surface area contributed by atoms with Crippen LogP contribution >= 0.6 is 11.6 Å². The van der Waals surface area contributed by atoms with Gasteiger partial charge in [0.1, 0.15) is 35.0 Å². The Kier molecular flexibility index (Phi) is 13.0. The van der Waals surface area contributed by atoms with E-state index in [9.17, 15) is 28.8 Å². The molecule has 2 heterocycles. The van der Waals surface area contributed by atoms with E-state index in [1.165, 1.54) is 47.4 Å². The standard InChI is InChI=1S/C43H42ClN9O9/c1-42(2,3)61-39(57)35-22-26-21-29(17-19-33(26)53(35)41(59)62-43(4,5)6)46-36(54)32(20-25-12-15-28(16-13-25)47-40(58)60-30-10-8-7-9-11-30)49-38(56)37(55)48-31-23-27(44)14-18-34(31)52-24-45-50-51-52/h7-19,21-24,32H,20H2,1-6H3,(H,46,54)(H,47,58)(H,48,55)(H,49,56)/t32-/m0/s1. The molecule has 4 aromatic carbocycles. The van der Waals surface area contributed by atoms with Crippen molar-refractivity contribution >= 4 is 75.4 Å². The molecular formula is C43H42ClN9O9. The fourth-order valence-electron chi connectivity index (χ4n) is 5.90. The second-order valence-electron chi connectivity index (χ2n) is 15.7. The van der Waals surface area contributed by atoms with Gasteiger partial charge in [-0.2, -0.15) is 4.68 Å². The van der Waals surface area contributed by atoms with Crippen LogP contribution in [0.1, 0.15) is 57.6 Å². The number of para-hydroxylation sites is 1. The van der Waals surface area contributed by atoms with Gasteiger partial charge < -0.3 is 30.2 Å². The molecule has 0 radical (unpaired) electrons. The Balaban J connectivity index is 1.26. The Morgan fingerprint density at radius 3 is 2.10 bits per heavy atom. The number of esters is 1. The lowest BCUT2D eigenvalue weighted by molar-refractivity contribution is -0.137. The summed E-state index contributed by atoms with van der Waals surface area (Å²) in [5, 5.41) is 22.1. The molecule has 1 atom stereocenters. The third-order valence-corrected chi connectivity index (χ3v) is 8.71. The van der Waals surface area contributed by atoms with E-state index in [1.807, 2.05) is 0 Å². The number of hydrogen-bond acceptors (Lipinski definition) is 12. The summed E-state index contributed by atoms with van der Waals surface area (Å²) < 4.78 is 18.8. The molecule has 4 amide bonds. The van der Waals surface area contributed by atoms with Crippen molar-refractivity contribution in [2.75, 3.05) is 16.0 Å². The molecule has 4 N–H and O–H groups in total. The smallest absolute Gasteiger partial charge is 0.419 e. The van der Waals surface area contributed by atoms with Crippen molar-refractivity contribution in [3.05, 3.63) is 120 Å². The summed E-state index contributed by atoms with van der Waals surface area (Å²) in [5.74, 6) is -3.45. The highest BCUT2D eigenvalue weighted by Gasteiger charge is 2.30. The Labute approximate surface area is 359 Å². The molecule has 0 spiro atoms. The van der Waals surface area contributed by atoms with Gasteiger partial charge in [-0.05, 0) is 124 Å². The minimum Gasteiger partial charge on any atom is -0.455 e. The monoisotopic (exact) mass is 863 g/mol. The number of nitrogens with one attached hydrogen (secondary N) is 4. The van der Waals surface area contributed by atoms with Gasteiger partial charge in [-0.25, -0.2) is 19.0 Å². The summed E-state index contributed by atoms with van der Waals surface area (Å²) in [4.78, 5) is 80.2. The SMILES string of the molecule is CC(C)(C)OC(=O)c1cc2cc(NC(=O)[C@H](Cc3ccc(NC(=O)Oc4ccccc4)cc3)NC(=O)C(=O)Nc3cc(Cl)ccc3-n3cnnn3)ccc2n1C(=O)OC(C)(C)C. The maximum Gasteiger partial charge on any atom is 0.419 e. The van der Waals surface area contributed by atoms with E-state index in [1.54, 1.807) is 102 Å². The molecule has 6 rings (SSSR count). The van der Waals surface area contributed by atoms with Crippen molar-refractivity contribution in [2.45, 2.75) is 65.2 Å². The van der Waals surface area contributed by atoms with Crippen LogP contribution in [-0.2, 0) is 30.3 Å². The molecule has 18 nitrogen and oxygen atoms in total. The van der Waals surface area contributed by atoms with Crippen molar-refractivity contribution in [2.24, 2.45) is 0 Å². The van der Waals surface area contributed by atoms with E-state index in [4.69, 9.17) is 25.8 Å². The maximum atomic E-state index is 14.1. The summed E-state index contributed by atoms with van der Waals surface area (Å²) in [6.45, 7) is 10.1. The van der Waals surface area contributed by atoms with Gasteiger partial charge in [0.25, 0.3) is 0 Å². The number of nitrogens with zero attached hydrogens (tertiary/aromatic N) is 5. The molecule has 0 saturated heterocycles. The molecule has 0 aliphatic rings. The van der Waals surface area contributed by atoms with Crippen LogP contribution in [0.3, 0.4) is 0 Å². The zero-order valence-electron chi connectivity index (χ0n) is 34.4. The zero-order valence-corrected chi connectivity index (χ0v) is 35.1. The minimum atomic E-state index is -1.35. The largest absolute Gasteiger partial charge is 0.455 e. The fourth-order valence-corrected chi connectivity index (χ4v) is 6.07. The average molecular weight is 864 g/mol. The summed E-state index contributed by atoms with van der Waals surface area (Å²) >= 11 is 6.19. The molecule has 0 unspecified atom stereocenters. The van der Waals surface area contributed by atoms with Crippen LogP contribution in [-0.4, -0.2) is 77.9 Å². The van der Waals surface area contributed by atoms with E-state index >= 15 is 0 Å². The number of anilines is 3. The van der Waals surface area contributed by atoms with Crippen LogP contribution in [0.25, 0.3) is 16.6 Å². The highest BCUT2D eigenvalue weighted by molar-refractivity contribution is 6.40. The maximum absolute atomic E-state index is 14.1. The van der Waals surface area contributed by atoms with Crippen molar-refractivity contribution in [3.8, 4) is 11.4 Å². The Hall–Kier alpha value is -7.60. The first kappa shape index (κ1) is 44.0. The number of ether oxygens (including phenoxy) is 3. The Morgan fingerprint density at radius 2 is 1.44 bits per heavy atom. The average Bonchev–Trinajstić information content (AvgIpc) is 3.86. The predicted molar refractivity (Wildman–Crippen MR) is 228 cm³/mol. The van der Waals surface area contributed by atoms with Gasteiger partial charge >= 0.3 is 30.0 Å². The van der Waals surface area contributed by atoms with Gasteiger partial charge in [0.15, 0.2) is 0 Å². The van der Waals surface area contributed by atoms with E-state index in [0.717, 1.165) is 4.57 Å². The number of carbonyl (C=O) groups excluding carboxylic acids is 6. The number of fused-ring (bicyclic) bond motifs is 1. The molecule has 0 saturated carbocycles. The lowest BCUT2D eigenvalue weighted by Gasteiger charge is -2.22. The van der Waals surface area contributed by atoms with Crippen molar-refractivity contribution in [3.63, 3.8) is 0 Å². The molecule has 6 aromatic rings. The van der Waals surface area contributed by atoms with Crippen molar-refractivity contribution in [1.29, 1.82) is 0 Å². The first-order valence-corrected chi connectivity index (χ1v) is 19.4. The van der Waals surface area contributed by atoms with E-state index in [2.05, 4.69) is 36.8 Å². The van der Waals surface area contributed by atoms with Crippen molar-refractivity contribution in [1.82, 2.24) is 30.1 Å². The Morgan fingerprint density at radius 1 is 0.742 bits per heavy atom. The second kappa shape index (κ2) is 18.3. The van der Waals surface area contributed by atoms with Crippen LogP contribution in [0, 0.1) is 0 Å². The number of carbonyl (C=O) groups is 6. The zero-order chi connectivity index (χ0) is 44.8. The second-order valence-corrected chi connectivity index (χ2v) is 16.2. The molecular weight excluding hydrogens is 822 g/mol. The highest BCUT2D eigenvalue weighted by atomic mass is 35.5. The normalized spacial score (nSPS) is 11.9. The lowest BCUT2D eigenvalue weighted by Crippen LogP contribution is -2.49. The number of tetrazole rings is 1. The number of hydrogen-bond donors (Lipinski definition) is 4. The molecule has 0 bridgehead atoms. The topological polar surface area (TPSA) is 227 Å². The van der Waals surface area contributed by atoms with Crippen molar-refractivity contribution < 1.29 is 43.0 Å². The quantitative estimate of drug-likeness (QED) is 0.0813. The number of rotatable bonds is 10. The molecule has 19 heteroatoms. The third-order valence-electron chi connectivity index (χ3n) is 8.48. The molecule has 2 aromatic heterocycles. The summed E-state index contributed by atoms with van der Waals surface area (Å²) in [6, 6.07) is 24.0. The number of halogens is 1. The molecule has 0 aliphatic heterocycles. The van der Waals surface area contributed by atoms with E-state index < -0.39 is 53.1 Å². The summed E-state index contributed by atoms with van der Waals surface area (Å²) in [7, 11) is 0. The van der Waals surface area contributed by atoms with Crippen LogP contribution in [0.15, 0.2) is 103 Å². The first-order chi connectivity index (χ1) is 29.3. The number of amides is 4. The molecule has 320 valence electrons. The minimum absolute atomic E-state index is 0.0991. The fraction of sp³-hybridized carbons (Fsp3) is 0.233. The van der Waals surface area contributed by atoms with E-state index in [0.29, 0.717) is 33.6 Å². The van der Waals surface area contributed by atoms with Gasteiger partial charge in [-0.15, -0.1) is 5.10 Å².